The summed E-state index contributed by atoms with van der Waals surface area (Å²) in [6.07, 6.45) is 8.44. The van der Waals surface area contributed by atoms with Crippen LogP contribution in [-0.2, 0) is 19.1 Å². The maximum atomic E-state index is 11.8. The zero-order valence-electron chi connectivity index (χ0n) is 18.1. The number of ether oxygens (including phenoxy) is 2. The van der Waals surface area contributed by atoms with Crippen LogP contribution in [0.15, 0.2) is 11.6 Å². The van der Waals surface area contributed by atoms with Crippen LogP contribution in [0.3, 0.4) is 0 Å². The summed E-state index contributed by atoms with van der Waals surface area (Å²) < 4.78 is 12.3. The van der Waals surface area contributed by atoms with E-state index in [2.05, 4.69) is 26.8 Å². The predicted molar refractivity (Wildman–Crippen MR) is 107 cm³/mol. The van der Waals surface area contributed by atoms with Crippen LogP contribution in [0.4, 0.5) is 0 Å². The molecule has 4 unspecified atom stereocenters. The van der Waals surface area contributed by atoms with Crippen molar-refractivity contribution in [2.45, 2.75) is 97.2 Å². The first-order valence-corrected chi connectivity index (χ1v) is 10.8. The molecule has 4 atom stereocenters. The molecule has 1 heterocycles. The Hall–Kier alpha value is -1.36. The number of aliphatic carboxylic acids is 1. The van der Waals surface area contributed by atoms with Crippen molar-refractivity contribution < 1.29 is 24.2 Å². The number of hydrogen-bond donors (Lipinski definition) is 1. The summed E-state index contributed by atoms with van der Waals surface area (Å²) in [6, 6.07) is 0. The second-order valence-corrected chi connectivity index (χ2v) is 10.2. The predicted octanol–water partition coefficient (Wildman–Crippen LogP) is 4.88. The maximum Gasteiger partial charge on any atom is 0.306 e. The highest BCUT2D eigenvalue weighted by Gasteiger charge is 2.65. The van der Waals surface area contributed by atoms with Crippen molar-refractivity contribution >= 4 is 11.9 Å². The standard InChI is InChI=1S/C23H36O5/c1-6-19(26)27-15-16-8-9-17-20(2,3)10-7-11-22(17,5)23(16)13-12-21(4,28-23)14-18(24)25/h8,17H,6-7,9-15H2,1-5H3,(H,24,25). The molecule has 1 saturated heterocycles. The van der Waals surface area contributed by atoms with E-state index in [0.29, 0.717) is 18.8 Å². The third-order valence-corrected chi connectivity index (χ3v) is 7.90. The lowest BCUT2D eigenvalue weighted by molar-refractivity contribution is -0.196. The molecule has 0 aromatic carbocycles. The molecule has 0 bridgehead atoms. The van der Waals surface area contributed by atoms with Gasteiger partial charge in [0.15, 0.2) is 0 Å². The van der Waals surface area contributed by atoms with E-state index in [-0.39, 0.29) is 29.8 Å². The summed E-state index contributed by atoms with van der Waals surface area (Å²) in [7, 11) is 0. The number of rotatable bonds is 5. The van der Waals surface area contributed by atoms with Crippen LogP contribution in [0.2, 0.25) is 0 Å². The van der Waals surface area contributed by atoms with Crippen molar-refractivity contribution in [1.29, 1.82) is 0 Å². The van der Waals surface area contributed by atoms with Crippen LogP contribution in [0.25, 0.3) is 0 Å². The third-order valence-electron chi connectivity index (χ3n) is 7.90. The van der Waals surface area contributed by atoms with E-state index in [9.17, 15) is 14.7 Å². The Kier molecular flexibility index (Phi) is 5.46. The third kappa shape index (κ3) is 3.40. The van der Waals surface area contributed by atoms with Crippen molar-refractivity contribution in [1.82, 2.24) is 0 Å². The van der Waals surface area contributed by atoms with Gasteiger partial charge in [-0.15, -0.1) is 0 Å². The fraction of sp³-hybridized carbons (Fsp3) is 0.826. The highest BCUT2D eigenvalue weighted by atomic mass is 16.5. The number of hydrogen-bond acceptors (Lipinski definition) is 4. The van der Waals surface area contributed by atoms with Crippen LogP contribution in [-0.4, -0.2) is 34.9 Å². The van der Waals surface area contributed by atoms with Gasteiger partial charge < -0.3 is 14.6 Å². The topological polar surface area (TPSA) is 72.8 Å². The normalized spacial score (nSPS) is 39.3. The monoisotopic (exact) mass is 392 g/mol. The average molecular weight is 393 g/mol. The van der Waals surface area contributed by atoms with E-state index in [0.717, 1.165) is 31.3 Å². The van der Waals surface area contributed by atoms with Gasteiger partial charge in [-0.3, -0.25) is 9.59 Å². The summed E-state index contributed by atoms with van der Waals surface area (Å²) in [4.78, 5) is 23.3. The van der Waals surface area contributed by atoms with E-state index in [4.69, 9.17) is 9.47 Å². The largest absolute Gasteiger partial charge is 0.481 e. The summed E-state index contributed by atoms with van der Waals surface area (Å²) >= 11 is 0. The van der Waals surface area contributed by atoms with Gasteiger partial charge in [0, 0.05) is 11.8 Å². The molecule has 1 spiro atoms. The van der Waals surface area contributed by atoms with E-state index in [1.807, 2.05) is 6.92 Å². The van der Waals surface area contributed by atoms with Crippen molar-refractivity contribution in [3.8, 4) is 0 Å². The Bertz CT molecular complexity index is 680. The molecule has 2 aliphatic carbocycles. The lowest BCUT2D eigenvalue weighted by atomic mass is 9.46. The number of esters is 1. The van der Waals surface area contributed by atoms with Crippen molar-refractivity contribution in [3.05, 3.63) is 11.6 Å². The molecule has 28 heavy (non-hydrogen) atoms. The Labute approximate surface area is 168 Å². The van der Waals surface area contributed by atoms with E-state index in [1.54, 1.807) is 6.92 Å². The number of carboxylic acids is 1. The number of allylic oxidation sites excluding steroid dienone is 1. The van der Waals surface area contributed by atoms with E-state index in [1.165, 1.54) is 6.42 Å². The van der Waals surface area contributed by atoms with Crippen molar-refractivity contribution in [2.24, 2.45) is 16.7 Å². The van der Waals surface area contributed by atoms with Gasteiger partial charge in [0.2, 0.25) is 0 Å². The van der Waals surface area contributed by atoms with Gasteiger partial charge in [0.25, 0.3) is 0 Å². The van der Waals surface area contributed by atoms with Crippen LogP contribution in [0, 0.1) is 16.7 Å². The molecular weight excluding hydrogens is 356 g/mol. The van der Waals surface area contributed by atoms with Gasteiger partial charge in [-0.25, -0.2) is 0 Å². The molecule has 5 nitrogen and oxygen atoms in total. The first-order valence-electron chi connectivity index (χ1n) is 10.8. The first-order chi connectivity index (χ1) is 13.0. The summed E-state index contributed by atoms with van der Waals surface area (Å²) in [5.41, 5.74) is -0.0805. The van der Waals surface area contributed by atoms with Crippen LogP contribution in [0.1, 0.15) is 86.0 Å². The molecule has 0 aromatic heterocycles. The Morgan fingerprint density at radius 3 is 2.54 bits per heavy atom. The zero-order chi connectivity index (χ0) is 20.8. The highest BCUT2D eigenvalue weighted by molar-refractivity contribution is 5.69. The molecule has 158 valence electrons. The minimum atomic E-state index is -0.830. The molecule has 2 fully saturated rings. The lowest BCUT2D eigenvalue weighted by Crippen LogP contribution is -2.60. The van der Waals surface area contributed by atoms with Gasteiger partial charge in [0.05, 0.1) is 17.6 Å². The van der Waals surface area contributed by atoms with E-state index >= 15 is 0 Å². The molecule has 0 radical (unpaired) electrons. The SMILES string of the molecule is CCC(=O)OCC1=CCC2C(C)(C)CCCC2(C)C12CCC(C)(CC(=O)O)O2. The van der Waals surface area contributed by atoms with Gasteiger partial charge in [-0.1, -0.05) is 40.2 Å². The molecular formula is C23H36O5. The molecule has 3 aliphatic rings. The molecule has 1 N–H and O–H groups in total. The maximum absolute atomic E-state index is 11.8. The number of carbonyl (C=O) groups is 2. The fourth-order valence-corrected chi connectivity index (χ4v) is 6.45. The summed E-state index contributed by atoms with van der Waals surface area (Å²) in [6.45, 7) is 11.0. The number of fused-ring (bicyclic) bond motifs is 2. The molecule has 3 rings (SSSR count). The lowest BCUT2D eigenvalue weighted by Gasteiger charge is -2.61. The Morgan fingerprint density at radius 1 is 1.18 bits per heavy atom. The molecule has 0 aromatic rings. The minimum absolute atomic E-state index is 0.000910. The molecule has 1 saturated carbocycles. The summed E-state index contributed by atoms with van der Waals surface area (Å²) in [5.74, 6) is -0.575. The zero-order valence-corrected chi connectivity index (χ0v) is 18.1. The van der Waals surface area contributed by atoms with Crippen molar-refractivity contribution in [3.63, 3.8) is 0 Å². The van der Waals surface area contributed by atoms with Crippen LogP contribution < -0.4 is 0 Å². The van der Waals surface area contributed by atoms with Gasteiger partial charge >= 0.3 is 11.9 Å². The minimum Gasteiger partial charge on any atom is -0.481 e. The van der Waals surface area contributed by atoms with E-state index < -0.39 is 17.2 Å². The summed E-state index contributed by atoms with van der Waals surface area (Å²) in [5, 5.41) is 9.42. The smallest absolute Gasteiger partial charge is 0.306 e. The first kappa shape index (κ1) is 21.4. The Balaban J connectivity index is 2.01. The quantitative estimate of drug-likeness (QED) is 0.533. The van der Waals surface area contributed by atoms with Crippen LogP contribution in [0.5, 0.6) is 0 Å². The molecule has 5 heteroatoms. The highest BCUT2D eigenvalue weighted by Crippen LogP contribution is 2.66. The second kappa shape index (κ2) is 7.16. The van der Waals surface area contributed by atoms with Gasteiger partial charge in [-0.2, -0.15) is 0 Å². The number of carboxylic acid groups (broad SMARTS) is 1. The van der Waals surface area contributed by atoms with Gasteiger partial charge in [-0.05, 0) is 55.9 Å². The average Bonchev–Trinajstić information content (AvgIpc) is 2.93. The van der Waals surface area contributed by atoms with Gasteiger partial charge in [0.1, 0.15) is 6.61 Å². The Morgan fingerprint density at radius 2 is 1.89 bits per heavy atom. The van der Waals surface area contributed by atoms with Crippen molar-refractivity contribution in [2.75, 3.05) is 6.61 Å². The van der Waals surface area contributed by atoms with Crippen LogP contribution >= 0.6 is 0 Å². The molecule has 0 amide bonds. The molecule has 1 aliphatic heterocycles. The second-order valence-electron chi connectivity index (χ2n) is 10.2. The fourth-order valence-electron chi connectivity index (χ4n) is 6.45. The number of carbonyl (C=O) groups excluding carboxylic acids is 1.